The molecule has 0 aliphatic carbocycles. The summed E-state index contributed by atoms with van der Waals surface area (Å²) in [4.78, 5) is 0. The van der Waals surface area contributed by atoms with Crippen molar-refractivity contribution in [3.63, 3.8) is 0 Å². The molecule has 0 amide bonds. The third kappa shape index (κ3) is 5.26. The highest BCUT2D eigenvalue weighted by Crippen LogP contribution is 2.50. The number of ether oxygens (including phenoxy) is 2. The number of rotatable bonds is 7. The number of aliphatic hydroxyl groups is 1. The van der Waals surface area contributed by atoms with Gasteiger partial charge >= 0.3 is 0 Å². The Bertz CT molecular complexity index is 1630. The smallest absolute Gasteiger partial charge is 0.240 e. The van der Waals surface area contributed by atoms with Gasteiger partial charge < -0.3 is 19.0 Å². The second-order valence-corrected chi connectivity index (χ2v) is 13.8. The number of aliphatic hydroxyl groups excluding tert-OH is 1. The van der Waals surface area contributed by atoms with E-state index in [1.165, 1.54) is 22.5 Å². The van der Waals surface area contributed by atoms with Crippen LogP contribution in [0.5, 0.6) is 11.5 Å². The van der Waals surface area contributed by atoms with E-state index in [0.717, 1.165) is 33.0 Å². The van der Waals surface area contributed by atoms with E-state index >= 15 is 0 Å². The van der Waals surface area contributed by atoms with Crippen molar-refractivity contribution in [3.8, 4) is 22.6 Å². The maximum atomic E-state index is 14.2. The summed E-state index contributed by atoms with van der Waals surface area (Å²) in [5.41, 5.74) is 2.97. The number of hydrogen-bond donors (Lipinski definition) is 1. The minimum Gasteiger partial charge on any atom is -0.454 e. The lowest BCUT2D eigenvalue weighted by atomic mass is 9.78. The maximum absolute atomic E-state index is 14.2. The van der Waals surface area contributed by atoms with E-state index in [1.807, 2.05) is 54.6 Å². The second-order valence-electron chi connectivity index (χ2n) is 11.5. The van der Waals surface area contributed by atoms with Gasteiger partial charge in [-0.05, 0) is 67.7 Å². The fourth-order valence-electron chi connectivity index (χ4n) is 5.72. The molecular formula is C35H33FO4Si. The molecule has 1 N–H and O–H groups in total. The molecule has 1 atom stereocenters. The molecule has 1 unspecified atom stereocenters. The van der Waals surface area contributed by atoms with Gasteiger partial charge in [0, 0.05) is 5.39 Å². The molecule has 0 spiro atoms. The third-order valence-electron chi connectivity index (χ3n) is 7.60. The average molecular weight is 565 g/mol. The number of benzene rings is 5. The number of hydrogen-bond acceptors (Lipinski definition) is 4. The van der Waals surface area contributed by atoms with Crippen LogP contribution in [0.1, 0.15) is 38.0 Å². The van der Waals surface area contributed by atoms with Gasteiger partial charge in [-0.25, -0.2) is 4.39 Å². The van der Waals surface area contributed by atoms with Crippen molar-refractivity contribution in [2.75, 3.05) is 6.79 Å². The molecule has 0 aromatic heterocycles. The van der Waals surface area contributed by atoms with Crippen molar-refractivity contribution in [2.24, 2.45) is 5.41 Å². The molecule has 4 nitrogen and oxygen atoms in total. The number of fused-ring (bicyclic) bond motifs is 3. The fourth-order valence-corrected chi connectivity index (χ4v) is 8.38. The Hall–Kier alpha value is -3.97. The van der Waals surface area contributed by atoms with Gasteiger partial charge in [-0.2, -0.15) is 0 Å². The summed E-state index contributed by atoms with van der Waals surface area (Å²) >= 11 is 0. The van der Waals surface area contributed by atoms with Crippen LogP contribution in [0, 0.1) is 11.2 Å². The van der Waals surface area contributed by atoms with Crippen LogP contribution in [0.25, 0.3) is 21.9 Å². The van der Waals surface area contributed by atoms with Crippen molar-refractivity contribution >= 4 is 30.2 Å². The van der Waals surface area contributed by atoms with E-state index in [9.17, 15) is 9.50 Å². The van der Waals surface area contributed by atoms with E-state index in [-0.39, 0.29) is 24.6 Å². The first-order chi connectivity index (χ1) is 19.8. The Kier molecular flexibility index (Phi) is 7.38. The van der Waals surface area contributed by atoms with Crippen LogP contribution >= 0.6 is 0 Å². The predicted molar refractivity (Wildman–Crippen MR) is 164 cm³/mol. The molecule has 5 aromatic carbocycles. The highest BCUT2D eigenvalue weighted by atomic mass is 28.3. The molecule has 41 heavy (non-hydrogen) atoms. The van der Waals surface area contributed by atoms with E-state index in [1.54, 1.807) is 12.1 Å². The van der Waals surface area contributed by atoms with Crippen molar-refractivity contribution in [1.82, 2.24) is 0 Å². The summed E-state index contributed by atoms with van der Waals surface area (Å²) in [5, 5.41) is 14.9. The minimum absolute atomic E-state index is 0.130. The van der Waals surface area contributed by atoms with E-state index in [0.29, 0.717) is 11.5 Å². The van der Waals surface area contributed by atoms with Crippen molar-refractivity contribution < 1.29 is 23.4 Å². The lowest BCUT2D eigenvalue weighted by Gasteiger charge is -2.37. The molecule has 0 radical (unpaired) electrons. The lowest BCUT2D eigenvalue weighted by Crippen LogP contribution is -2.47. The van der Waals surface area contributed by atoms with Gasteiger partial charge in [-0.15, -0.1) is 0 Å². The summed E-state index contributed by atoms with van der Waals surface area (Å²) < 4.78 is 33.3. The first-order valence-electron chi connectivity index (χ1n) is 13.9. The van der Waals surface area contributed by atoms with Gasteiger partial charge in [0.2, 0.25) is 15.8 Å². The zero-order valence-electron chi connectivity index (χ0n) is 23.4. The second kappa shape index (κ2) is 11.1. The van der Waals surface area contributed by atoms with Crippen molar-refractivity contribution in [3.05, 3.63) is 120 Å². The monoisotopic (exact) mass is 564 g/mol. The standard InChI is InChI=1S/C35H33FO4Si/c1-35(2,3)34(40-41(27-10-6-4-7-11-27)28-12-8-5-9-13-28)32-25(21-37)20-24-16-19-29-33(39-22-38-29)31(24)30(32)23-14-17-26(36)18-15-23/h4-20,34,37,41H,21-22H2,1-3H3. The van der Waals surface area contributed by atoms with Gasteiger partial charge in [0.1, 0.15) is 5.82 Å². The van der Waals surface area contributed by atoms with Crippen molar-refractivity contribution in [2.45, 2.75) is 33.5 Å². The van der Waals surface area contributed by atoms with Crippen LogP contribution in [0.3, 0.4) is 0 Å². The molecule has 0 saturated carbocycles. The Morgan fingerprint density at radius 1 is 0.854 bits per heavy atom. The largest absolute Gasteiger partial charge is 0.454 e. The molecule has 0 bridgehead atoms. The van der Waals surface area contributed by atoms with Gasteiger partial charge in [0.05, 0.1) is 12.7 Å². The van der Waals surface area contributed by atoms with E-state index in [4.69, 9.17) is 13.9 Å². The van der Waals surface area contributed by atoms with Gasteiger partial charge in [-0.3, -0.25) is 0 Å². The van der Waals surface area contributed by atoms with Crippen LogP contribution in [-0.4, -0.2) is 20.9 Å². The summed E-state index contributed by atoms with van der Waals surface area (Å²) in [7, 11) is -2.21. The SMILES string of the molecule is CC(C)(C)C(O[SiH](c1ccccc1)c1ccccc1)c1c(CO)cc2ccc3c(c2c1-c1ccc(F)cc1)OCO3. The zero-order chi connectivity index (χ0) is 28.6. The minimum atomic E-state index is -2.21. The zero-order valence-corrected chi connectivity index (χ0v) is 24.6. The summed E-state index contributed by atoms with van der Waals surface area (Å²) in [6.07, 6.45) is -0.413. The van der Waals surface area contributed by atoms with Crippen LogP contribution in [0.2, 0.25) is 0 Å². The molecular weight excluding hydrogens is 531 g/mol. The molecule has 0 saturated heterocycles. The topological polar surface area (TPSA) is 47.9 Å². The highest BCUT2D eigenvalue weighted by molar-refractivity contribution is 6.80. The number of halogens is 1. The quantitative estimate of drug-likeness (QED) is 0.229. The first kappa shape index (κ1) is 27.2. The molecule has 6 rings (SSSR count). The maximum Gasteiger partial charge on any atom is 0.240 e. The Balaban J connectivity index is 1.65. The Morgan fingerprint density at radius 2 is 1.49 bits per heavy atom. The Morgan fingerprint density at radius 3 is 2.07 bits per heavy atom. The van der Waals surface area contributed by atoms with Gasteiger partial charge in [0.15, 0.2) is 11.5 Å². The molecule has 5 aromatic rings. The molecule has 0 fully saturated rings. The normalized spacial score (nSPS) is 13.6. The third-order valence-corrected chi connectivity index (χ3v) is 10.1. The summed E-state index contributed by atoms with van der Waals surface area (Å²) in [6.45, 7) is 6.44. The molecule has 1 heterocycles. The molecule has 1 aliphatic rings. The van der Waals surface area contributed by atoms with Gasteiger partial charge in [-0.1, -0.05) is 99.6 Å². The average Bonchev–Trinajstić information content (AvgIpc) is 3.47. The first-order valence-corrected chi connectivity index (χ1v) is 15.5. The van der Waals surface area contributed by atoms with Crippen molar-refractivity contribution in [1.29, 1.82) is 0 Å². The predicted octanol–water partition coefficient (Wildman–Crippen LogP) is 6.51. The summed E-state index contributed by atoms with van der Waals surface area (Å²) in [6, 6.07) is 33.2. The molecule has 6 heteroatoms. The summed E-state index contributed by atoms with van der Waals surface area (Å²) in [5.74, 6) is 1.00. The van der Waals surface area contributed by atoms with E-state index < -0.39 is 15.1 Å². The van der Waals surface area contributed by atoms with Crippen LogP contribution in [0.4, 0.5) is 4.39 Å². The van der Waals surface area contributed by atoms with Crippen LogP contribution in [-0.2, 0) is 11.0 Å². The molecule has 208 valence electrons. The van der Waals surface area contributed by atoms with Crippen LogP contribution < -0.4 is 19.8 Å². The van der Waals surface area contributed by atoms with Crippen LogP contribution in [0.15, 0.2) is 103 Å². The molecule has 1 aliphatic heterocycles. The lowest BCUT2D eigenvalue weighted by molar-refractivity contribution is 0.0880. The highest BCUT2D eigenvalue weighted by Gasteiger charge is 2.36. The van der Waals surface area contributed by atoms with E-state index in [2.05, 4.69) is 45.0 Å². The van der Waals surface area contributed by atoms with Gasteiger partial charge in [0.25, 0.3) is 0 Å². The fraction of sp³-hybridized carbons (Fsp3) is 0.200. The Labute approximate surface area is 241 Å².